The quantitative estimate of drug-likeness (QED) is 0.711. The van der Waals surface area contributed by atoms with Gasteiger partial charge in [-0.25, -0.2) is 4.98 Å². The largest absolute Gasteiger partial charge is 0.481 e. The first-order valence-electron chi connectivity index (χ1n) is 3.97. The highest BCUT2D eigenvalue weighted by atomic mass is 16.5. The van der Waals surface area contributed by atoms with Crippen molar-refractivity contribution in [3.8, 4) is 5.88 Å². The van der Waals surface area contributed by atoms with E-state index in [1.165, 1.54) is 0 Å². The Kier molecular flexibility index (Phi) is 3.25. The first-order chi connectivity index (χ1) is 6.22. The molecule has 1 aromatic heterocycles. The van der Waals surface area contributed by atoms with E-state index >= 15 is 0 Å². The van der Waals surface area contributed by atoms with Crippen molar-refractivity contribution in [3.05, 3.63) is 24.4 Å². The Morgan fingerprint density at radius 3 is 3.08 bits per heavy atom. The molecule has 0 saturated heterocycles. The summed E-state index contributed by atoms with van der Waals surface area (Å²) in [7, 11) is 1.57. The zero-order chi connectivity index (χ0) is 9.68. The van der Waals surface area contributed by atoms with Crippen molar-refractivity contribution in [2.75, 3.05) is 19.0 Å². The number of methoxy groups -OCH3 is 1. The molecule has 13 heavy (non-hydrogen) atoms. The molecule has 0 unspecified atom stereocenters. The fourth-order valence-electron chi connectivity index (χ4n) is 0.771. The first kappa shape index (κ1) is 9.51. The third-order valence-corrected chi connectivity index (χ3v) is 1.39. The number of hydrogen-bond acceptors (Lipinski definition) is 4. The standard InChI is InChI=1S/C9H13N3O/c1-7(2)6-11-9-10-5-4-8(12-9)13-3/h4-5H,1,6H2,2-3H3,(H,10,11,12). The SMILES string of the molecule is C=C(C)CNc1nccc(OC)n1. The summed E-state index contributed by atoms with van der Waals surface area (Å²) in [6, 6.07) is 1.70. The molecule has 0 bridgehead atoms. The third-order valence-electron chi connectivity index (χ3n) is 1.39. The number of aromatic nitrogens is 2. The molecular weight excluding hydrogens is 166 g/mol. The van der Waals surface area contributed by atoms with Crippen LogP contribution < -0.4 is 10.1 Å². The third kappa shape index (κ3) is 3.11. The highest BCUT2D eigenvalue weighted by Gasteiger charge is 1.96. The minimum absolute atomic E-state index is 0.555. The maximum atomic E-state index is 4.95. The van der Waals surface area contributed by atoms with Crippen molar-refractivity contribution in [1.82, 2.24) is 9.97 Å². The van der Waals surface area contributed by atoms with Gasteiger partial charge in [-0.2, -0.15) is 4.98 Å². The summed E-state index contributed by atoms with van der Waals surface area (Å²) < 4.78 is 4.95. The Bertz CT molecular complexity index is 299. The summed E-state index contributed by atoms with van der Waals surface area (Å²) in [6.45, 7) is 6.37. The Labute approximate surface area is 77.7 Å². The lowest BCUT2D eigenvalue weighted by molar-refractivity contribution is 0.397. The summed E-state index contributed by atoms with van der Waals surface area (Å²) in [5, 5.41) is 3.02. The van der Waals surface area contributed by atoms with Crippen molar-refractivity contribution < 1.29 is 4.74 Å². The molecule has 0 atom stereocenters. The van der Waals surface area contributed by atoms with E-state index < -0.39 is 0 Å². The molecule has 0 spiro atoms. The molecule has 1 aromatic rings. The lowest BCUT2D eigenvalue weighted by atomic mass is 10.3. The van der Waals surface area contributed by atoms with Gasteiger partial charge < -0.3 is 10.1 Å². The van der Waals surface area contributed by atoms with Gasteiger partial charge in [0.1, 0.15) is 0 Å². The van der Waals surface area contributed by atoms with Crippen LogP contribution in [-0.4, -0.2) is 23.6 Å². The summed E-state index contributed by atoms with van der Waals surface area (Å²) in [6.07, 6.45) is 1.65. The number of ether oxygens (including phenoxy) is 1. The first-order valence-corrected chi connectivity index (χ1v) is 3.97. The molecule has 1 N–H and O–H groups in total. The van der Waals surface area contributed by atoms with Crippen LogP contribution in [0, 0.1) is 0 Å². The molecule has 0 aliphatic rings. The topological polar surface area (TPSA) is 47.0 Å². The summed E-state index contributed by atoms with van der Waals surface area (Å²) >= 11 is 0. The molecule has 0 radical (unpaired) electrons. The number of rotatable bonds is 4. The Hall–Kier alpha value is -1.58. The minimum Gasteiger partial charge on any atom is -0.481 e. The highest BCUT2D eigenvalue weighted by molar-refractivity contribution is 5.29. The van der Waals surface area contributed by atoms with Crippen LogP contribution >= 0.6 is 0 Å². The van der Waals surface area contributed by atoms with E-state index in [0.717, 1.165) is 5.57 Å². The van der Waals surface area contributed by atoms with Crippen molar-refractivity contribution in [2.45, 2.75) is 6.92 Å². The van der Waals surface area contributed by atoms with E-state index in [-0.39, 0.29) is 0 Å². The van der Waals surface area contributed by atoms with Gasteiger partial charge >= 0.3 is 0 Å². The predicted octanol–water partition coefficient (Wildman–Crippen LogP) is 1.47. The molecule has 4 heteroatoms. The molecular formula is C9H13N3O. The average molecular weight is 179 g/mol. The number of nitrogens with one attached hydrogen (secondary N) is 1. The second kappa shape index (κ2) is 4.45. The zero-order valence-electron chi connectivity index (χ0n) is 7.87. The van der Waals surface area contributed by atoms with E-state index in [4.69, 9.17) is 4.74 Å². The molecule has 0 aromatic carbocycles. The molecule has 0 aliphatic heterocycles. The van der Waals surface area contributed by atoms with Gasteiger partial charge in [0.2, 0.25) is 11.8 Å². The zero-order valence-corrected chi connectivity index (χ0v) is 7.87. The van der Waals surface area contributed by atoms with Gasteiger partial charge in [0.15, 0.2) is 0 Å². The van der Waals surface area contributed by atoms with Gasteiger partial charge in [0.25, 0.3) is 0 Å². The number of hydrogen-bond donors (Lipinski definition) is 1. The van der Waals surface area contributed by atoms with Crippen LogP contribution in [0.2, 0.25) is 0 Å². The second-order valence-electron chi connectivity index (χ2n) is 2.73. The summed E-state index contributed by atoms with van der Waals surface area (Å²) in [5.41, 5.74) is 1.03. The van der Waals surface area contributed by atoms with Crippen molar-refractivity contribution in [3.63, 3.8) is 0 Å². The lowest BCUT2D eigenvalue weighted by Gasteiger charge is -2.04. The molecule has 70 valence electrons. The fraction of sp³-hybridized carbons (Fsp3) is 0.333. The van der Waals surface area contributed by atoms with Gasteiger partial charge in [0, 0.05) is 18.8 Å². The average Bonchev–Trinajstić information content (AvgIpc) is 2.15. The van der Waals surface area contributed by atoms with Gasteiger partial charge in [-0.15, -0.1) is 0 Å². The van der Waals surface area contributed by atoms with E-state index in [2.05, 4.69) is 21.9 Å². The van der Waals surface area contributed by atoms with Crippen molar-refractivity contribution in [1.29, 1.82) is 0 Å². The van der Waals surface area contributed by atoms with E-state index in [1.807, 2.05) is 6.92 Å². The monoisotopic (exact) mass is 179 g/mol. The molecule has 0 fully saturated rings. The maximum Gasteiger partial charge on any atom is 0.226 e. The molecule has 0 amide bonds. The van der Waals surface area contributed by atoms with Crippen molar-refractivity contribution in [2.24, 2.45) is 0 Å². The highest BCUT2D eigenvalue weighted by Crippen LogP contribution is 2.06. The van der Waals surface area contributed by atoms with Crippen LogP contribution in [0.15, 0.2) is 24.4 Å². The Morgan fingerprint density at radius 2 is 2.46 bits per heavy atom. The number of nitrogens with zero attached hydrogens (tertiary/aromatic N) is 2. The lowest BCUT2D eigenvalue weighted by Crippen LogP contribution is -2.05. The predicted molar refractivity (Wildman–Crippen MR) is 51.9 cm³/mol. The van der Waals surface area contributed by atoms with Crippen LogP contribution in [0.5, 0.6) is 5.88 Å². The molecule has 1 rings (SSSR count). The smallest absolute Gasteiger partial charge is 0.226 e. The maximum absolute atomic E-state index is 4.95. The van der Waals surface area contributed by atoms with Crippen LogP contribution in [0.3, 0.4) is 0 Å². The molecule has 4 nitrogen and oxygen atoms in total. The molecule has 0 aliphatic carbocycles. The molecule has 0 saturated carbocycles. The fourth-order valence-corrected chi connectivity index (χ4v) is 0.771. The van der Waals surface area contributed by atoms with E-state index in [0.29, 0.717) is 18.4 Å². The van der Waals surface area contributed by atoms with E-state index in [9.17, 15) is 0 Å². The van der Waals surface area contributed by atoms with Gasteiger partial charge in [-0.3, -0.25) is 0 Å². The van der Waals surface area contributed by atoms with Gasteiger partial charge in [-0.05, 0) is 6.92 Å². The van der Waals surface area contributed by atoms with Crippen LogP contribution in [0.25, 0.3) is 0 Å². The van der Waals surface area contributed by atoms with E-state index in [1.54, 1.807) is 19.4 Å². The van der Waals surface area contributed by atoms with Crippen LogP contribution in [-0.2, 0) is 0 Å². The summed E-state index contributed by atoms with van der Waals surface area (Å²) in [5.74, 6) is 1.11. The normalized spacial score (nSPS) is 9.38. The van der Waals surface area contributed by atoms with Gasteiger partial charge in [0.05, 0.1) is 7.11 Å². The molecule has 1 heterocycles. The minimum atomic E-state index is 0.555. The second-order valence-corrected chi connectivity index (χ2v) is 2.73. The summed E-state index contributed by atoms with van der Waals surface area (Å²) in [4.78, 5) is 8.09. The van der Waals surface area contributed by atoms with Crippen molar-refractivity contribution >= 4 is 5.95 Å². The Balaban J connectivity index is 2.61. The van der Waals surface area contributed by atoms with Gasteiger partial charge in [-0.1, -0.05) is 12.2 Å². The number of anilines is 1. The van der Waals surface area contributed by atoms with Crippen LogP contribution in [0.1, 0.15) is 6.92 Å². The Morgan fingerprint density at radius 1 is 1.69 bits per heavy atom. The van der Waals surface area contributed by atoms with Crippen LogP contribution in [0.4, 0.5) is 5.95 Å².